The Bertz CT molecular complexity index is 2790. The number of anilines is 6. The number of nitrogens with zero attached hydrogens (tertiary/aromatic N) is 13. The average molecular weight is 998 g/mol. The third kappa shape index (κ3) is 12.6. The lowest BCUT2D eigenvalue weighted by atomic mass is 10.2. The summed E-state index contributed by atoms with van der Waals surface area (Å²) in [4.78, 5) is 58.5. The number of aliphatic hydroxyl groups excluding tert-OH is 2. The van der Waals surface area contributed by atoms with Gasteiger partial charge in [0.05, 0.1) is 61.7 Å². The van der Waals surface area contributed by atoms with Crippen LogP contribution in [0.4, 0.5) is 43.4 Å². The fourth-order valence-corrected chi connectivity index (χ4v) is 9.07. The van der Waals surface area contributed by atoms with Crippen molar-refractivity contribution in [3.8, 4) is 0 Å². The Balaban J connectivity index is 0.000000175. The van der Waals surface area contributed by atoms with Gasteiger partial charge in [-0.05, 0) is 79.5 Å². The number of likely N-dealkylation sites (tertiary alicyclic amines) is 1. The molecular weight excluding hydrogens is 938 g/mol. The van der Waals surface area contributed by atoms with Crippen LogP contribution < -0.4 is 25.8 Å². The van der Waals surface area contributed by atoms with Crippen molar-refractivity contribution >= 4 is 79.7 Å². The van der Waals surface area contributed by atoms with E-state index in [1.165, 1.54) is 12.1 Å². The molecule has 20 nitrogen and oxygen atoms in total. The number of hydrogen-bond donors (Lipinski definition) is 5. The van der Waals surface area contributed by atoms with E-state index in [1.807, 2.05) is 16.7 Å². The summed E-state index contributed by atoms with van der Waals surface area (Å²) in [5.41, 5.74) is 5.08. The summed E-state index contributed by atoms with van der Waals surface area (Å²) in [6.07, 6.45) is 11.0. The first-order valence-electron chi connectivity index (χ1n) is 23.7. The minimum Gasteiger partial charge on any atom is -0.395 e. The first kappa shape index (κ1) is 50.7. The van der Waals surface area contributed by atoms with E-state index < -0.39 is 5.24 Å². The summed E-state index contributed by atoms with van der Waals surface area (Å²) < 4.78 is 33.8. The number of carbonyl (C=O) groups excluding carboxylic acids is 2. The lowest BCUT2D eigenvalue weighted by Gasteiger charge is -2.35. The molecule has 4 aromatic heterocycles. The fraction of sp³-hybridized carbons (Fsp3) is 0.417. The monoisotopic (exact) mass is 996 g/mol. The lowest BCUT2D eigenvalue weighted by molar-refractivity contribution is -0.125. The van der Waals surface area contributed by atoms with E-state index in [0.29, 0.717) is 60.7 Å². The van der Waals surface area contributed by atoms with Crippen LogP contribution in [0, 0.1) is 11.6 Å². The Hall–Kier alpha value is -6.69. The number of carbonyl (C=O) groups is 2. The number of fused-ring (bicyclic) bond motifs is 2. The van der Waals surface area contributed by atoms with Crippen LogP contribution in [0.2, 0.25) is 0 Å². The number of imidazole rings is 2. The second kappa shape index (κ2) is 23.9. The lowest BCUT2D eigenvalue weighted by Crippen LogP contribution is -2.47. The topological polar surface area (TPSA) is 214 Å². The average Bonchev–Trinajstić information content (AvgIpc) is 4.24. The summed E-state index contributed by atoms with van der Waals surface area (Å²) in [5, 5.41) is 27.0. The van der Waals surface area contributed by atoms with Crippen LogP contribution in [0.25, 0.3) is 22.3 Å². The summed E-state index contributed by atoms with van der Waals surface area (Å²) in [7, 11) is 0. The fourth-order valence-electron chi connectivity index (χ4n) is 9.07. The highest BCUT2D eigenvalue weighted by Gasteiger charge is 2.28. The smallest absolute Gasteiger partial charge is 0.246 e. The minimum absolute atomic E-state index is 0.0560. The van der Waals surface area contributed by atoms with E-state index in [2.05, 4.69) is 83.2 Å². The van der Waals surface area contributed by atoms with Gasteiger partial charge < -0.3 is 50.0 Å². The molecule has 71 heavy (non-hydrogen) atoms. The van der Waals surface area contributed by atoms with Gasteiger partial charge in [0.25, 0.3) is 0 Å². The van der Waals surface area contributed by atoms with Crippen molar-refractivity contribution in [1.82, 2.24) is 59.1 Å². The van der Waals surface area contributed by atoms with Gasteiger partial charge >= 0.3 is 0 Å². The SMILES string of the molecule is C=CC(=O)Cl.C=CC(=O)N1CCC(n2cnc3cnc(Nc4ccc(N5CCN(CCO)CC5)cc4F)nc32)C1.OCCN1CCN(c2ccc(Nc3ncc4ncn(C5CCNC5)c4n3)c(F)c2)CC1. The van der Waals surface area contributed by atoms with Crippen molar-refractivity contribution in [2.45, 2.75) is 24.9 Å². The van der Waals surface area contributed by atoms with Gasteiger partial charge in [-0.3, -0.25) is 19.4 Å². The normalized spacial score (nSPS) is 18.5. The van der Waals surface area contributed by atoms with Gasteiger partial charge in [-0.2, -0.15) is 9.97 Å². The van der Waals surface area contributed by atoms with Gasteiger partial charge in [-0.1, -0.05) is 13.2 Å². The zero-order valence-electron chi connectivity index (χ0n) is 39.4. The van der Waals surface area contributed by atoms with E-state index in [1.54, 1.807) is 48.1 Å². The summed E-state index contributed by atoms with van der Waals surface area (Å²) in [5.74, 6) is -0.177. The second-order valence-corrected chi connectivity index (χ2v) is 17.7. The summed E-state index contributed by atoms with van der Waals surface area (Å²) in [6.45, 7) is 18.0. The van der Waals surface area contributed by atoms with Crippen LogP contribution in [0.1, 0.15) is 24.9 Å². The van der Waals surface area contributed by atoms with Crippen LogP contribution >= 0.6 is 11.6 Å². The van der Waals surface area contributed by atoms with Crippen LogP contribution in [0.15, 0.2) is 86.8 Å². The number of aromatic nitrogens is 8. The van der Waals surface area contributed by atoms with Gasteiger partial charge in [0.15, 0.2) is 11.3 Å². The van der Waals surface area contributed by atoms with Crippen LogP contribution in [-0.4, -0.2) is 180 Å². The predicted molar refractivity (Wildman–Crippen MR) is 270 cm³/mol. The molecule has 0 aliphatic carbocycles. The predicted octanol–water partition coefficient (Wildman–Crippen LogP) is 4.08. The van der Waals surface area contributed by atoms with Gasteiger partial charge in [0, 0.05) is 96.5 Å². The molecule has 4 fully saturated rings. The number of rotatable bonds is 14. The molecule has 4 saturated heterocycles. The van der Waals surface area contributed by atoms with E-state index in [-0.39, 0.29) is 42.7 Å². The zero-order chi connectivity index (χ0) is 49.9. The molecule has 4 aliphatic rings. The van der Waals surface area contributed by atoms with Crippen molar-refractivity contribution in [2.24, 2.45) is 0 Å². The van der Waals surface area contributed by atoms with E-state index in [4.69, 9.17) is 21.8 Å². The largest absolute Gasteiger partial charge is 0.395 e. The molecule has 5 N–H and O–H groups in total. The number of halogens is 3. The first-order chi connectivity index (χ1) is 34.5. The number of nitrogens with one attached hydrogen (secondary N) is 3. The summed E-state index contributed by atoms with van der Waals surface area (Å²) >= 11 is 4.71. The molecule has 376 valence electrons. The highest BCUT2D eigenvalue weighted by molar-refractivity contribution is 6.66. The second-order valence-electron chi connectivity index (χ2n) is 17.4. The summed E-state index contributed by atoms with van der Waals surface area (Å²) in [6, 6.07) is 10.7. The van der Waals surface area contributed by atoms with Crippen molar-refractivity contribution in [3.05, 3.63) is 98.4 Å². The minimum atomic E-state index is -0.509. The maximum Gasteiger partial charge on any atom is 0.246 e. The molecule has 0 radical (unpaired) electrons. The molecule has 2 aromatic carbocycles. The standard InChI is InChI=1S/C24H29FN8O2.C21H27FN8O.C3H3ClO/c1-2-22(35)32-6-5-18(15-32)33-16-27-21-14-26-24(29-23(21)33)28-20-4-3-17(13-19(20)25)31-9-7-30(8-10-31)11-12-34;22-17-11-15(29-7-5-28(6-8-29)9-10-31)1-2-18(17)26-21-24-13-19-20(27-21)30(14-25-19)16-3-4-23-12-16;1-2-3(4)5/h2-4,13-14,16,18,34H,1,5-12,15H2,(H,26,28,29);1-2,11,13-14,16,23,31H,3-10,12H2,(H,24,26,27);2H,1H2. The number of benzene rings is 2. The molecule has 0 saturated carbocycles. The quantitative estimate of drug-likeness (QED) is 0.0768. The number of piperazine rings is 2. The first-order valence-corrected chi connectivity index (χ1v) is 24.0. The Morgan fingerprint density at radius 3 is 1.62 bits per heavy atom. The Labute approximate surface area is 414 Å². The molecule has 8 heterocycles. The number of allylic oxidation sites excluding steroid dienone is 1. The van der Waals surface area contributed by atoms with Crippen molar-refractivity contribution in [3.63, 3.8) is 0 Å². The Morgan fingerprint density at radius 2 is 1.20 bits per heavy atom. The maximum atomic E-state index is 15.0. The molecular formula is C48H59ClF2N16O4. The van der Waals surface area contributed by atoms with Gasteiger partial charge in [-0.15, -0.1) is 0 Å². The maximum absolute atomic E-state index is 15.0. The number of β-amino-alcohol motifs (C(OH)–C–C–N with tert-alkyl or cyclic N) is 2. The molecule has 2 atom stereocenters. The number of aliphatic hydroxyl groups is 2. The van der Waals surface area contributed by atoms with E-state index in [9.17, 15) is 18.4 Å². The van der Waals surface area contributed by atoms with Crippen LogP contribution in [0.5, 0.6) is 0 Å². The molecule has 1 amide bonds. The van der Waals surface area contributed by atoms with Crippen molar-refractivity contribution in [2.75, 3.05) is 125 Å². The third-order valence-electron chi connectivity index (χ3n) is 13.0. The van der Waals surface area contributed by atoms with Gasteiger partial charge in [-0.25, -0.2) is 28.7 Å². The molecule has 2 unspecified atom stereocenters. The molecule has 10 rings (SSSR count). The van der Waals surface area contributed by atoms with E-state index in [0.717, 1.165) is 107 Å². The van der Waals surface area contributed by atoms with Crippen LogP contribution in [-0.2, 0) is 9.59 Å². The molecule has 0 bridgehead atoms. The van der Waals surface area contributed by atoms with Crippen LogP contribution in [0.3, 0.4) is 0 Å². The Morgan fingerprint density at radius 1 is 0.704 bits per heavy atom. The molecule has 4 aliphatic heterocycles. The van der Waals surface area contributed by atoms with Crippen molar-refractivity contribution in [1.29, 1.82) is 0 Å². The van der Waals surface area contributed by atoms with E-state index >= 15 is 0 Å². The third-order valence-corrected chi connectivity index (χ3v) is 13.1. The molecule has 0 spiro atoms. The number of amides is 1. The van der Waals surface area contributed by atoms with Gasteiger partial charge in [0.1, 0.15) is 22.7 Å². The highest BCUT2D eigenvalue weighted by atomic mass is 35.5. The zero-order valence-corrected chi connectivity index (χ0v) is 40.1. The Kier molecular flexibility index (Phi) is 17.1. The van der Waals surface area contributed by atoms with Gasteiger partial charge in [0.2, 0.25) is 23.0 Å². The number of hydrogen-bond acceptors (Lipinski definition) is 17. The molecule has 23 heteroatoms. The highest BCUT2D eigenvalue weighted by Crippen LogP contribution is 2.29. The van der Waals surface area contributed by atoms with Crippen molar-refractivity contribution < 1.29 is 28.6 Å². The molecule has 6 aromatic rings.